The van der Waals surface area contributed by atoms with E-state index in [2.05, 4.69) is 9.88 Å². The largest absolute Gasteiger partial charge is 0.482 e. The molecular formula is C18H18ClN3O4. The van der Waals surface area contributed by atoms with Crippen LogP contribution in [0.15, 0.2) is 42.7 Å². The fourth-order valence-corrected chi connectivity index (χ4v) is 3.09. The van der Waals surface area contributed by atoms with Crippen molar-refractivity contribution in [1.82, 2.24) is 9.88 Å². The standard InChI is InChI=1S/C18H18ClN3O4/c19-15-10-14(26-12-17(23)24)3-4-16(15)21-6-8-22(9-7-21)18(25)13-2-1-5-20-11-13/h1-5,10-11H,6-9,12H2,(H,23,24). The van der Waals surface area contributed by atoms with Gasteiger partial charge in [0.05, 0.1) is 16.3 Å². The highest BCUT2D eigenvalue weighted by Crippen LogP contribution is 2.30. The third-order valence-corrected chi connectivity index (χ3v) is 4.40. The van der Waals surface area contributed by atoms with Crippen molar-refractivity contribution >= 4 is 29.2 Å². The van der Waals surface area contributed by atoms with Gasteiger partial charge >= 0.3 is 5.97 Å². The Morgan fingerprint density at radius 3 is 2.58 bits per heavy atom. The number of aromatic nitrogens is 1. The number of carbonyl (C=O) groups excluding carboxylic acids is 1. The highest BCUT2D eigenvalue weighted by molar-refractivity contribution is 6.33. The van der Waals surface area contributed by atoms with Gasteiger partial charge < -0.3 is 19.6 Å². The molecule has 1 N–H and O–H groups in total. The number of hydrogen-bond acceptors (Lipinski definition) is 5. The SMILES string of the molecule is O=C(O)COc1ccc(N2CCN(C(=O)c3cccnc3)CC2)c(Cl)c1. The molecule has 1 aliphatic rings. The molecule has 0 radical (unpaired) electrons. The molecule has 8 heteroatoms. The lowest BCUT2D eigenvalue weighted by atomic mass is 10.2. The second kappa shape index (κ2) is 8.05. The van der Waals surface area contributed by atoms with Crippen LogP contribution in [0, 0.1) is 0 Å². The first kappa shape index (κ1) is 18.0. The van der Waals surface area contributed by atoms with Gasteiger partial charge in [0.15, 0.2) is 6.61 Å². The minimum Gasteiger partial charge on any atom is -0.482 e. The lowest BCUT2D eigenvalue weighted by molar-refractivity contribution is -0.139. The molecule has 0 bridgehead atoms. The summed E-state index contributed by atoms with van der Waals surface area (Å²) in [5.74, 6) is -0.660. The number of hydrogen-bond donors (Lipinski definition) is 1. The molecule has 0 spiro atoms. The van der Waals surface area contributed by atoms with Crippen molar-refractivity contribution in [3.63, 3.8) is 0 Å². The molecule has 3 rings (SSSR count). The molecule has 0 unspecified atom stereocenters. The highest BCUT2D eigenvalue weighted by Gasteiger charge is 2.23. The van der Waals surface area contributed by atoms with Crippen LogP contribution in [0.1, 0.15) is 10.4 Å². The van der Waals surface area contributed by atoms with Gasteiger partial charge in [0.25, 0.3) is 5.91 Å². The first-order valence-electron chi connectivity index (χ1n) is 8.13. The fourth-order valence-electron chi connectivity index (χ4n) is 2.80. The van der Waals surface area contributed by atoms with E-state index in [4.69, 9.17) is 21.4 Å². The molecule has 7 nitrogen and oxygen atoms in total. The van der Waals surface area contributed by atoms with Gasteiger partial charge in [-0.3, -0.25) is 9.78 Å². The number of carbonyl (C=O) groups is 2. The zero-order valence-electron chi connectivity index (χ0n) is 14.0. The van der Waals surface area contributed by atoms with E-state index in [0.29, 0.717) is 42.5 Å². The lowest BCUT2D eigenvalue weighted by Crippen LogP contribution is -2.48. The average Bonchev–Trinajstić information content (AvgIpc) is 2.67. The highest BCUT2D eigenvalue weighted by atomic mass is 35.5. The third kappa shape index (κ3) is 4.23. The number of amides is 1. The van der Waals surface area contributed by atoms with Gasteiger partial charge in [-0.25, -0.2) is 4.79 Å². The number of aliphatic carboxylic acids is 1. The molecule has 1 saturated heterocycles. The predicted molar refractivity (Wildman–Crippen MR) is 96.9 cm³/mol. The fraction of sp³-hybridized carbons (Fsp3) is 0.278. The molecule has 1 aromatic carbocycles. The van der Waals surface area contributed by atoms with Crippen LogP contribution < -0.4 is 9.64 Å². The number of ether oxygens (including phenoxy) is 1. The summed E-state index contributed by atoms with van der Waals surface area (Å²) in [7, 11) is 0. The number of benzene rings is 1. The van der Waals surface area contributed by atoms with Crippen molar-refractivity contribution < 1.29 is 19.4 Å². The maximum atomic E-state index is 12.5. The Balaban J connectivity index is 1.61. The molecule has 2 aromatic rings. The van der Waals surface area contributed by atoms with Crippen LogP contribution in [-0.2, 0) is 4.79 Å². The number of anilines is 1. The monoisotopic (exact) mass is 375 g/mol. The van der Waals surface area contributed by atoms with Crippen molar-refractivity contribution in [3.8, 4) is 5.75 Å². The summed E-state index contributed by atoms with van der Waals surface area (Å²) in [6.45, 7) is 2.07. The zero-order chi connectivity index (χ0) is 18.5. The quantitative estimate of drug-likeness (QED) is 0.862. The second-order valence-corrected chi connectivity index (χ2v) is 6.22. The Bertz CT molecular complexity index is 792. The Morgan fingerprint density at radius 1 is 1.19 bits per heavy atom. The number of rotatable bonds is 5. The van der Waals surface area contributed by atoms with Gasteiger partial charge in [0, 0.05) is 44.6 Å². The van der Waals surface area contributed by atoms with E-state index in [1.165, 1.54) is 0 Å². The van der Waals surface area contributed by atoms with E-state index >= 15 is 0 Å². The van der Waals surface area contributed by atoms with E-state index in [1.54, 1.807) is 47.6 Å². The van der Waals surface area contributed by atoms with Crippen LogP contribution in [0.5, 0.6) is 5.75 Å². The molecule has 1 fully saturated rings. The Morgan fingerprint density at radius 2 is 1.96 bits per heavy atom. The number of pyridine rings is 1. The summed E-state index contributed by atoms with van der Waals surface area (Å²) in [5, 5.41) is 9.14. The minimum absolute atomic E-state index is 0.0266. The van der Waals surface area contributed by atoms with E-state index in [-0.39, 0.29) is 5.91 Å². The van der Waals surface area contributed by atoms with Crippen molar-refractivity contribution in [2.45, 2.75) is 0 Å². The van der Waals surface area contributed by atoms with E-state index in [9.17, 15) is 9.59 Å². The second-order valence-electron chi connectivity index (χ2n) is 5.82. The lowest BCUT2D eigenvalue weighted by Gasteiger charge is -2.36. The van der Waals surface area contributed by atoms with Crippen LogP contribution >= 0.6 is 11.6 Å². The van der Waals surface area contributed by atoms with E-state index in [0.717, 1.165) is 5.69 Å². The van der Waals surface area contributed by atoms with Gasteiger partial charge in [0.1, 0.15) is 5.75 Å². The first-order valence-corrected chi connectivity index (χ1v) is 8.51. The summed E-state index contributed by atoms with van der Waals surface area (Å²) >= 11 is 6.31. The molecule has 1 aromatic heterocycles. The van der Waals surface area contributed by atoms with Gasteiger partial charge in [0.2, 0.25) is 0 Å². The molecule has 1 amide bonds. The number of nitrogens with zero attached hydrogens (tertiary/aromatic N) is 3. The third-order valence-electron chi connectivity index (χ3n) is 4.10. The van der Waals surface area contributed by atoms with Crippen LogP contribution in [0.3, 0.4) is 0 Å². The molecule has 26 heavy (non-hydrogen) atoms. The number of carboxylic acids is 1. The topological polar surface area (TPSA) is 83.0 Å². The summed E-state index contributed by atoms with van der Waals surface area (Å²) in [5.41, 5.74) is 1.42. The van der Waals surface area contributed by atoms with Crippen LogP contribution in [0.25, 0.3) is 0 Å². The number of halogens is 1. The van der Waals surface area contributed by atoms with Crippen molar-refractivity contribution in [2.75, 3.05) is 37.7 Å². The summed E-state index contributed by atoms with van der Waals surface area (Å²) < 4.78 is 5.13. The normalized spacial score (nSPS) is 14.2. The summed E-state index contributed by atoms with van der Waals surface area (Å²) in [4.78, 5) is 30.9. The molecular weight excluding hydrogens is 358 g/mol. The van der Waals surface area contributed by atoms with Gasteiger partial charge in [-0.05, 0) is 24.3 Å². The molecule has 0 aliphatic carbocycles. The summed E-state index contributed by atoms with van der Waals surface area (Å²) in [6, 6.07) is 8.61. The van der Waals surface area contributed by atoms with Gasteiger partial charge in [-0.2, -0.15) is 0 Å². The average molecular weight is 376 g/mol. The van der Waals surface area contributed by atoms with Crippen LogP contribution in [0.4, 0.5) is 5.69 Å². The van der Waals surface area contributed by atoms with Crippen molar-refractivity contribution in [1.29, 1.82) is 0 Å². The Kier molecular flexibility index (Phi) is 5.58. The molecule has 0 saturated carbocycles. The smallest absolute Gasteiger partial charge is 0.341 e. The van der Waals surface area contributed by atoms with Gasteiger partial charge in [-0.1, -0.05) is 11.6 Å². The van der Waals surface area contributed by atoms with E-state index < -0.39 is 12.6 Å². The molecule has 136 valence electrons. The van der Waals surface area contributed by atoms with Crippen molar-refractivity contribution in [3.05, 3.63) is 53.3 Å². The molecule has 2 heterocycles. The van der Waals surface area contributed by atoms with Crippen LogP contribution in [0.2, 0.25) is 5.02 Å². The minimum atomic E-state index is -1.04. The predicted octanol–water partition coefficient (Wildman–Crippen LogP) is 2.16. The Labute approximate surface area is 155 Å². The first-order chi connectivity index (χ1) is 12.5. The zero-order valence-corrected chi connectivity index (χ0v) is 14.7. The molecule has 0 atom stereocenters. The molecule has 1 aliphatic heterocycles. The van der Waals surface area contributed by atoms with Crippen LogP contribution in [-0.4, -0.2) is 59.7 Å². The maximum absolute atomic E-state index is 12.5. The number of carboxylic acid groups (broad SMARTS) is 1. The number of piperazine rings is 1. The van der Waals surface area contributed by atoms with E-state index in [1.807, 2.05) is 0 Å². The maximum Gasteiger partial charge on any atom is 0.341 e. The van der Waals surface area contributed by atoms with Gasteiger partial charge in [-0.15, -0.1) is 0 Å². The van der Waals surface area contributed by atoms with Crippen molar-refractivity contribution in [2.24, 2.45) is 0 Å². The summed E-state index contributed by atoms with van der Waals surface area (Å²) in [6.07, 6.45) is 3.21. The Hall–Kier alpha value is -2.80.